The Hall–Kier alpha value is -1.58. The maximum absolute atomic E-state index is 8.62. The van der Waals surface area contributed by atoms with E-state index in [2.05, 4.69) is 4.89 Å². The summed E-state index contributed by atoms with van der Waals surface area (Å²) in [7, 11) is 1.65. The molecular weight excluding hydrogens is 204 g/mol. The lowest BCUT2D eigenvalue weighted by atomic mass is 10.0. The van der Waals surface area contributed by atoms with Gasteiger partial charge in [-0.2, -0.15) is 0 Å². The van der Waals surface area contributed by atoms with Crippen LogP contribution in [0.2, 0.25) is 0 Å². The number of hydrogen-bond acceptors (Lipinski definition) is 3. The standard InChI is InChI=1S/C13H14O3/c1-9(16-14)10-3-4-12-8-13(15-2)6-5-11(12)7-10/h3-9,14H,1-2H3. The van der Waals surface area contributed by atoms with Gasteiger partial charge in [0.15, 0.2) is 0 Å². The lowest BCUT2D eigenvalue weighted by Crippen LogP contribution is -1.95. The quantitative estimate of drug-likeness (QED) is 0.633. The molecular formula is C13H14O3. The number of rotatable bonds is 3. The van der Waals surface area contributed by atoms with Crippen molar-refractivity contribution in [1.29, 1.82) is 0 Å². The van der Waals surface area contributed by atoms with Crippen molar-refractivity contribution in [1.82, 2.24) is 0 Å². The zero-order valence-corrected chi connectivity index (χ0v) is 9.31. The van der Waals surface area contributed by atoms with E-state index in [1.165, 1.54) is 0 Å². The topological polar surface area (TPSA) is 38.7 Å². The summed E-state index contributed by atoms with van der Waals surface area (Å²) in [4.78, 5) is 4.31. The first-order valence-electron chi connectivity index (χ1n) is 5.12. The molecule has 0 aliphatic carbocycles. The fourth-order valence-electron chi connectivity index (χ4n) is 1.68. The molecule has 0 aliphatic heterocycles. The third-order valence-electron chi connectivity index (χ3n) is 2.70. The van der Waals surface area contributed by atoms with Crippen LogP contribution in [-0.2, 0) is 4.89 Å². The molecule has 2 rings (SSSR count). The van der Waals surface area contributed by atoms with Crippen LogP contribution in [0.1, 0.15) is 18.6 Å². The zero-order valence-electron chi connectivity index (χ0n) is 9.31. The monoisotopic (exact) mass is 218 g/mol. The van der Waals surface area contributed by atoms with Crippen molar-refractivity contribution in [3.8, 4) is 5.75 Å². The molecule has 16 heavy (non-hydrogen) atoms. The van der Waals surface area contributed by atoms with Crippen molar-refractivity contribution in [3.63, 3.8) is 0 Å². The van der Waals surface area contributed by atoms with Crippen molar-refractivity contribution < 1.29 is 14.9 Å². The third kappa shape index (κ3) is 2.01. The summed E-state index contributed by atoms with van der Waals surface area (Å²) in [6, 6.07) is 11.8. The van der Waals surface area contributed by atoms with Crippen LogP contribution in [-0.4, -0.2) is 12.4 Å². The molecule has 3 heteroatoms. The van der Waals surface area contributed by atoms with Crippen molar-refractivity contribution >= 4 is 10.8 Å². The number of ether oxygens (including phenoxy) is 1. The van der Waals surface area contributed by atoms with Gasteiger partial charge in [-0.15, -0.1) is 0 Å². The van der Waals surface area contributed by atoms with Gasteiger partial charge in [0.05, 0.1) is 7.11 Å². The summed E-state index contributed by atoms with van der Waals surface area (Å²) in [6.45, 7) is 1.80. The largest absolute Gasteiger partial charge is 0.497 e. The molecule has 1 N–H and O–H groups in total. The van der Waals surface area contributed by atoms with Gasteiger partial charge in [-0.25, -0.2) is 4.89 Å². The van der Waals surface area contributed by atoms with Crippen LogP contribution in [0, 0.1) is 0 Å². The molecule has 84 valence electrons. The predicted octanol–water partition coefficient (Wildman–Crippen LogP) is 3.40. The van der Waals surface area contributed by atoms with E-state index in [-0.39, 0.29) is 6.10 Å². The van der Waals surface area contributed by atoms with Gasteiger partial charge in [0, 0.05) is 0 Å². The minimum absolute atomic E-state index is 0.313. The first-order chi connectivity index (χ1) is 7.74. The fraction of sp³-hybridized carbons (Fsp3) is 0.231. The van der Waals surface area contributed by atoms with Gasteiger partial charge in [-0.05, 0) is 41.5 Å². The molecule has 0 fully saturated rings. The van der Waals surface area contributed by atoms with Gasteiger partial charge in [-0.3, -0.25) is 5.26 Å². The summed E-state index contributed by atoms with van der Waals surface area (Å²) in [6.07, 6.45) is -0.313. The smallest absolute Gasteiger partial charge is 0.119 e. The Morgan fingerprint density at radius 3 is 2.44 bits per heavy atom. The van der Waals surface area contributed by atoms with Crippen LogP contribution in [0.3, 0.4) is 0 Å². The number of hydrogen-bond donors (Lipinski definition) is 1. The maximum atomic E-state index is 8.62. The van der Waals surface area contributed by atoms with E-state index in [4.69, 9.17) is 9.99 Å². The van der Waals surface area contributed by atoms with Crippen LogP contribution in [0.5, 0.6) is 5.75 Å². The van der Waals surface area contributed by atoms with Crippen LogP contribution in [0.4, 0.5) is 0 Å². The number of fused-ring (bicyclic) bond motifs is 1. The lowest BCUT2D eigenvalue weighted by Gasteiger charge is -2.09. The Morgan fingerprint density at radius 1 is 1.06 bits per heavy atom. The normalized spacial score (nSPS) is 12.7. The summed E-state index contributed by atoms with van der Waals surface area (Å²) in [5.41, 5.74) is 0.945. The molecule has 3 nitrogen and oxygen atoms in total. The molecule has 0 radical (unpaired) electrons. The number of benzene rings is 2. The molecule has 1 atom stereocenters. The highest BCUT2D eigenvalue weighted by Crippen LogP contribution is 2.25. The van der Waals surface area contributed by atoms with Crippen LogP contribution < -0.4 is 4.74 Å². The van der Waals surface area contributed by atoms with Crippen molar-refractivity contribution in [3.05, 3.63) is 42.0 Å². The van der Waals surface area contributed by atoms with Crippen LogP contribution >= 0.6 is 0 Å². The van der Waals surface area contributed by atoms with E-state index in [1.54, 1.807) is 14.0 Å². The molecule has 0 heterocycles. The van der Waals surface area contributed by atoms with Gasteiger partial charge in [-0.1, -0.05) is 18.2 Å². The summed E-state index contributed by atoms with van der Waals surface area (Å²) < 4.78 is 5.16. The average molecular weight is 218 g/mol. The minimum atomic E-state index is -0.313. The second kappa shape index (κ2) is 4.51. The SMILES string of the molecule is COc1ccc2cc(C(C)OO)ccc2c1. The van der Waals surface area contributed by atoms with Crippen LogP contribution in [0.15, 0.2) is 36.4 Å². The van der Waals surface area contributed by atoms with Gasteiger partial charge in [0.2, 0.25) is 0 Å². The Labute approximate surface area is 94.2 Å². The highest BCUT2D eigenvalue weighted by molar-refractivity contribution is 5.84. The summed E-state index contributed by atoms with van der Waals surface area (Å²) >= 11 is 0. The highest BCUT2D eigenvalue weighted by atomic mass is 17.1. The third-order valence-corrected chi connectivity index (χ3v) is 2.70. The van der Waals surface area contributed by atoms with E-state index < -0.39 is 0 Å². The molecule has 1 unspecified atom stereocenters. The van der Waals surface area contributed by atoms with Crippen LogP contribution in [0.25, 0.3) is 10.8 Å². The van der Waals surface area contributed by atoms with E-state index in [0.29, 0.717) is 0 Å². The Kier molecular flexibility index (Phi) is 3.08. The second-order valence-corrected chi connectivity index (χ2v) is 3.72. The molecule has 0 saturated heterocycles. The first-order valence-corrected chi connectivity index (χ1v) is 5.12. The first kappa shape index (κ1) is 10.9. The molecule has 0 aliphatic rings. The van der Waals surface area contributed by atoms with Crippen molar-refractivity contribution in [2.45, 2.75) is 13.0 Å². The molecule has 0 amide bonds. The predicted molar refractivity (Wildman–Crippen MR) is 62.6 cm³/mol. The van der Waals surface area contributed by atoms with E-state index in [9.17, 15) is 0 Å². The molecule has 2 aromatic carbocycles. The van der Waals surface area contributed by atoms with Gasteiger partial charge in [0.1, 0.15) is 11.9 Å². The van der Waals surface area contributed by atoms with E-state index in [0.717, 1.165) is 22.1 Å². The van der Waals surface area contributed by atoms with Gasteiger partial charge < -0.3 is 4.74 Å². The summed E-state index contributed by atoms with van der Waals surface area (Å²) in [5, 5.41) is 10.8. The zero-order chi connectivity index (χ0) is 11.5. The van der Waals surface area contributed by atoms with Gasteiger partial charge >= 0.3 is 0 Å². The van der Waals surface area contributed by atoms with Crippen molar-refractivity contribution in [2.24, 2.45) is 0 Å². The number of methoxy groups -OCH3 is 1. The molecule has 0 saturated carbocycles. The average Bonchev–Trinajstić information content (AvgIpc) is 2.36. The van der Waals surface area contributed by atoms with Crippen molar-refractivity contribution in [2.75, 3.05) is 7.11 Å². The fourth-order valence-corrected chi connectivity index (χ4v) is 1.68. The molecule has 0 spiro atoms. The summed E-state index contributed by atoms with van der Waals surface area (Å²) in [5.74, 6) is 0.840. The highest BCUT2D eigenvalue weighted by Gasteiger charge is 2.06. The van der Waals surface area contributed by atoms with E-state index >= 15 is 0 Å². The molecule has 0 aromatic heterocycles. The molecule has 0 bridgehead atoms. The Morgan fingerprint density at radius 2 is 1.75 bits per heavy atom. The second-order valence-electron chi connectivity index (χ2n) is 3.72. The van der Waals surface area contributed by atoms with Gasteiger partial charge in [0.25, 0.3) is 0 Å². The molecule has 2 aromatic rings. The lowest BCUT2D eigenvalue weighted by molar-refractivity contribution is -0.277. The Balaban J connectivity index is 2.47. The maximum Gasteiger partial charge on any atom is 0.119 e. The van der Waals surface area contributed by atoms with E-state index in [1.807, 2.05) is 36.4 Å². The Bertz CT molecular complexity index is 494. The minimum Gasteiger partial charge on any atom is -0.497 e.